The lowest BCUT2D eigenvalue weighted by Crippen LogP contribution is -2.48. The molecule has 2 amide bonds. The summed E-state index contributed by atoms with van der Waals surface area (Å²) < 4.78 is 20.1. The Morgan fingerprint density at radius 1 is 1.03 bits per heavy atom. The second-order valence-corrected chi connectivity index (χ2v) is 9.37. The first-order valence-electron chi connectivity index (χ1n) is 12.6. The summed E-state index contributed by atoms with van der Waals surface area (Å²) in [5, 5.41) is 21.5. The van der Waals surface area contributed by atoms with Crippen LogP contribution in [0.2, 0.25) is 0 Å². The Morgan fingerprint density at radius 3 is 2.39 bits per heavy atom. The summed E-state index contributed by atoms with van der Waals surface area (Å²) in [6, 6.07) is 11.3. The first-order chi connectivity index (χ1) is 18.2. The van der Waals surface area contributed by atoms with Gasteiger partial charge in [-0.15, -0.1) is 0 Å². The van der Waals surface area contributed by atoms with Crippen LogP contribution in [0, 0.1) is 17.7 Å². The Labute approximate surface area is 220 Å². The van der Waals surface area contributed by atoms with E-state index in [1.807, 2.05) is 6.07 Å². The van der Waals surface area contributed by atoms with Crippen molar-refractivity contribution in [3.05, 3.63) is 65.5 Å². The van der Waals surface area contributed by atoms with Gasteiger partial charge in [0.05, 0.1) is 25.4 Å². The zero-order valence-corrected chi connectivity index (χ0v) is 21.3. The number of hydrogen-bond acceptors (Lipinski definition) is 5. The van der Waals surface area contributed by atoms with Crippen molar-refractivity contribution < 1.29 is 38.5 Å². The lowest BCUT2D eigenvalue weighted by atomic mass is 9.78. The van der Waals surface area contributed by atoms with Gasteiger partial charge in [0.15, 0.2) is 0 Å². The average Bonchev–Trinajstić information content (AvgIpc) is 2.91. The van der Waals surface area contributed by atoms with Crippen molar-refractivity contribution in [2.45, 2.75) is 44.6 Å². The quantitative estimate of drug-likeness (QED) is 0.384. The van der Waals surface area contributed by atoms with E-state index in [2.05, 4.69) is 5.32 Å². The molecule has 1 aliphatic carbocycles. The standard InChI is InChI=1S/C28H33FN2O7/c1-38-19-8-6-7-18(17-19)13-15-31(16-14-24(32)33)27(35)25(22-11-4-5-12-23(22)29)30-26(34)20-9-2-3-10-21(20)28(36)37/h4-8,11-12,17,20-21,25H,2-3,9-10,13-16H2,1H3,(H,30,34)(H,32,33)(H,36,37)/t20-,21-,25+/m1/s1. The van der Waals surface area contributed by atoms with Crippen LogP contribution in [0.25, 0.3) is 0 Å². The van der Waals surface area contributed by atoms with Crippen LogP contribution in [0.3, 0.4) is 0 Å². The molecule has 2 aromatic carbocycles. The third kappa shape index (κ3) is 7.53. The van der Waals surface area contributed by atoms with Gasteiger partial charge in [0.1, 0.15) is 17.6 Å². The molecule has 0 spiro atoms. The normalized spacial score (nSPS) is 17.7. The molecule has 10 heteroatoms. The van der Waals surface area contributed by atoms with Crippen molar-refractivity contribution in [1.29, 1.82) is 0 Å². The highest BCUT2D eigenvalue weighted by atomic mass is 19.1. The van der Waals surface area contributed by atoms with Crippen molar-refractivity contribution in [2.75, 3.05) is 20.2 Å². The molecular weight excluding hydrogens is 495 g/mol. The minimum atomic E-state index is -1.45. The summed E-state index contributed by atoms with van der Waals surface area (Å²) in [7, 11) is 1.53. The highest BCUT2D eigenvalue weighted by Gasteiger charge is 2.38. The molecule has 0 aromatic heterocycles. The van der Waals surface area contributed by atoms with Crippen LogP contribution >= 0.6 is 0 Å². The smallest absolute Gasteiger partial charge is 0.307 e. The highest BCUT2D eigenvalue weighted by Crippen LogP contribution is 2.31. The molecule has 3 N–H and O–H groups in total. The van der Waals surface area contributed by atoms with Crippen LogP contribution in [0.5, 0.6) is 5.75 Å². The fourth-order valence-corrected chi connectivity index (χ4v) is 4.81. The molecule has 0 saturated heterocycles. The van der Waals surface area contributed by atoms with Crippen LogP contribution < -0.4 is 10.1 Å². The van der Waals surface area contributed by atoms with Crippen molar-refractivity contribution >= 4 is 23.8 Å². The van der Waals surface area contributed by atoms with Gasteiger partial charge in [0, 0.05) is 18.7 Å². The average molecular weight is 529 g/mol. The van der Waals surface area contributed by atoms with E-state index in [4.69, 9.17) is 4.74 Å². The second kappa shape index (κ2) is 13.6. The minimum absolute atomic E-state index is 0.0739. The highest BCUT2D eigenvalue weighted by molar-refractivity contribution is 5.91. The van der Waals surface area contributed by atoms with Gasteiger partial charge in [-0.25, -0.2) is 4.39 Å². The van der Waals surface area contributed by atoms with Gasteiger partial charge in [-0.1, -0.05) is 43.2 Å². The van der Waals surface area contributed by atoms with Crippen LogP contribution in [0.4, 0.5) is 4.39 Å². The number of carbonyl (C=O) groups excluding carboxylic acids is 2. The summed E-state index contributed by atoms with van der Waals surface area (Å²) in [5.74, 6) is -5.33. The molecule has 3 atom stereocenters. The molecule has 0 bridgehead atoms. The van der Waals surface area contributed by atoms with E-state index >= 15 is 0 Å². The largest absolute Gasteiger partial charge is 0.497 e. The number of aliphatic carboxylic acids is 2. The summed E-state index contributed by atoms with van der Waals surface area (Å²) in [6.07, 6.45) is 2.07. The molecule has 3 rings (SSSR count). The summed E-state index contributed by atoms with van der Waals surface area (Å²) in [4.78, 5) is 51.4. The monoisotopic (exact) mass is 528 g/mol. The van der Waals surface area contributed by atoms with Gasteiger partial charge in [-0.05, 0) is 43.0 Å². The first-order valence-corrected chi connectivity index (χ1v) is 12.6. The van der Waals surface area contributed by atoms with Crippen molar-refractivity contribution in [1.82, 2.24) is 10.2 Å². The number of halogens is 1. The molecule has 38 heavy (non-hydrogen) atoms. The second-order valence-electron chi connectivity index (χ2n) is 9.37. The first kappa shape index (κ1) is 28.6. The molecule has 0 heterocycles. The number of hydrogen-bond donors (Lipinski definition) is 3. The zero-order valence-electron chi connectivity index (χ0n) is 21.3. The van der Waals surface area contributed by atoms with E-state index < -0.39 is 47.4 Å². The third-order valence-corrected chi connectivity index (χ3v) is 6.88. The van der Waals surface area contributed by atoms with Gasteiger partial charge in [-0.2, -0.15) is 0 Å². The minimum Gasteiger partial charge on any atom is -0.497 e. The number of rotatable bonds is 12. The predicted octanol–water partition coefficient (Wildman–Crippen LogP) is 3.43. The Kier molecular flexibility index (Phi) is 10.2. The number of carboxylic acids is 2. The number of methoxy groups -OCH3 is 1. The van der Waals surface area contributed by atoms with E-state index in [0.717, 1.165) is 5.56 Å². The van der Waals surface area contributed by atoms with Crippen LogP contribution in [-0.2, 0) is 25.6 Å². The number of carbonyl (C=O) groups is 4. The van der Waals surface area contributed by atoms with Gasteiger partial charge in [-0.3, -0.25) is 19.2 Å². The number of amides is 2. The Morgan fingerprint density at radius 2 is 1.74 bits per heavy atom. The maximum Gasteiger partial charge on any atom is 0.307 e. The van der Waals surface area contributed by atoms with Crippen LogP contribution in [0.15, 0.2) is 48.5 Å². The molecule has 1 fully saturated rings. The Balaban J connectivity index is 1.89. The van der Waals surface area contributed by atoms with E-state index in [1.54, 1.807) is 18.2 Å². The van der Waals surface area contributed by atoms with Gasteiger partial charge >= 0.3 is 11.9 Å². The van der Waals surface area contributed by atoms with Crippen molar-refractivity contribution in [3.8, 4) is 5.75 Å². The van der Waals surface area contributed by atoms with E-state index in [9.17, 15) is 33.8 Å². The topological polar surface area (TPSA) is 133 Å². The van der Waals surface area contributed by atoms with Gasteiger partial charge in [0.25, 0.3) is 0 Å². The van der Waals surface area contributed by atoms with Crippen molar-refractivity contribution in [2.24, 2.45) is 11.8 Å². The predicted molar refractivity (Wildman–Crippen MR) is 136 cm³/mol. The zero-order chi connectivity index (χ0) is 27.7. The number of carboxylic acid groups (broad SMARTS) is 2. The summed E-state index contributed by atoms with van der Waals surface area (Å²) in [6.45, 7) is -0.0403. The van der Waals surface area contributed by atoms with Crippen molar-refractivity contribution in [3.63, 3.8) is 0 Å². The molecule has 1 aliphatic rings. The molecule has 0 aliphatic heterocycles. The maximum absolute atomic E-state index is 14.9. The van der Waals surface area contributed by atoms with E-state index in [0.29, 0.717) is 37.9 Å². The maximum atomic E-state index is 14.9. The van der Waals surface area contributed by atoms with E-state index in [1.165, 1.54) is 36.3 Å². The van der Waals surface area contributed by atoms with Crippen LogP contribution in [-0.4, -0.2) is 59.1 Å². The molecule has 2 aromatic rings. The third-order valence-electron chi connectivity index (χ3n) is 6.88. The molecular formula is C28H33FN2O7. The van der Waals surface area contributed by atoms with E-state index in [-0.39, 0.29) is 25.1 Å². The number of nitrogens with one attached hydrogen (secondary N) is 1. The number of benzene rings is 2. The molecule has 1 saturated carbocycles. The Hall–Kier alpha value is -3.95. The van der Waals surface area contributed by atoms with Crippen LogP contribution in [0.1, 0.15) is 49.3 Å². The fraction of sp³-hybridized carbons (Fsp3) is 0.429. The molecule has 0 unspecified atom stereocenters. The SMILES string of the molecule is COc1cccc(CCN(CCC(=O)O)C(=O)[C@@H](NC(=O)[C@@H]2CCCC[C@H]2C(=O)O)c2ccccc2F)c1. The van der Waals surface area contributed by atoms with Gasteiger partial charge < -0.3 is 25.2 Å². The molecule has 204 valence electrons. The number of nitrogens with zero attached hydrogens (tertiary/aromatic N) is 1. The van der Waals surface area contributed by atoms with Gasteiger partial charge in [0.2, 0.25) is 11.8 Å². The number of ether oxygens (including phenoxy) is 1. The summed E-state index contributed by atoms with van der Waals surface area (Å²) in [5.41, 5.74) is 0.769. The lowest BCUT2D eigenvalue weighted by Gasteiger charge is -2.32. The summed E-state index contributed by atoms with van der Waals surface area (Å²) >= 11 is 0. The lowest BCUT2D eigenvalue weighted by molar-refractivity contribution is -0.149. The molecule has 0 radical (unpaired) electrons. The Bertz CT molecular complexity index is 1160. The molecule has 9 nitrogen and oxygen atoms in total. The fourth-order valence-electron chi connectivity index (χ4n) is 4.81.